The molecule has 3 nitrogen and oxygen atoms in total. The number of carbonyl (C=O) groups excluding carboxylic acids is 1. The Balaban J connectivity index is 2.20. The van der Waals surface area contributed by atoms with E-state index >= 15 is 0 Å². The maximum atomic E-state index is 11.3. The van der Waals surface area contributed by atoms with Crippen molar-refractivity contribution in [1.82, 2.24) is 4.72 Å². The normalized spacial score (nSPS) is 9.83. The molecule has 0 aromatic heterocycles. The number of hydrogen-bond donors (Lipinski definition) is 3. The summed E-state index contributed by atoms with van der Waals surface area (Å²) in [7, 11) is 0. The number of para-hydroxylation sites is 1. The first kappa shape index (κ1) is 12.5. The summed E-state index contributed by atoms with van der Waals surface area (Å²) in [6.45, 7) is 0. The third-order valence-electron chi connectivity index (χ3n) is 2.60. The molecule has 0 aliphatic carbocycles. The van der Waals surface area contributed by atoms with E-state index in [4.69, 9.17) is 0 Å². The van der Waals surface area contributed by atoms with Crippen molar-refractivity contribution in [2.45, 2.75) is 6.42 Å². The smallest absolute Gasteiger partial charge is 0.307 e. The molecule has 0 bridgehead atoms. The van der Waals surface area contributed by atoms with Crippen LogP contribution in [0, 0.1) is 0 Å². The molecule has 4 heteroatoms. The highest BCUT2D eigenvalue weighted by Crippen LogP contribution is 2.18. The number of amides is 2. The minimum atomic E-state index is -0.334. The summed E-state index contributed by atoms with van der Waals surface area (Å²) in [6.07, 6.45) is 0.782. The lowest BCUT2D eigenvalue weighted by Crippen LogP contribution is -2.21. The zero-order valence-corrected chi connectivity index (χ0v) is 10.7. The van der Waals surface area contributed by atoms with Crippen molar-refractivity contribution in [3.63, 3.8) is 0 Å². The van der Waals surface area contributed by atoms with E-state index in [1.807, 2.05) is 42.5 Å². The molecule has 2 aromatic rings. The Labute approximate surface area is 112 Å². The van der Waals surface area contributed by atoms with Gasteiger partial charge in [-0.05, 0) is 23.6 Å². The molecule has 0 saturated heterocycles. The van der Waals surface area contributed by atoms with E-state index < -0.39 is 0 Å². The zero-order chi connectivity index (χ0) is 12.8. The topological polar surface area (TPSA) is 41.1 Å². The minimum Gasteiger partial charge on any atom is -0.307 e. The number of anilines is 1. The lowest BCUT2D eigenvalue weighted by Gasteiger charge is -2.10. The molecule has 18 heavy (non-hydrogen) atoms. The van der Waals surface area contributed by atoms with Crippen molar-refractivity contribution in [2.24, 2.45) is 0 Å². The average Bonchev–Trinajstić information content (AvgIpc) is 2.42. The molecule has 0 aliphatic rings. The van der Waals surface area contributed by atoms with Crippen LogP contribution in [0.15, 0.2) is 54.6 Å². The number of rotatable bonds is 3. The van der Waals surface area contributed by atoms with Crippen molar-refractivity contribution in [2.75, 3.05) is 5.32 Å². The predicted octanol–water partition coefficient (Wildman–Crippen LogP) is 3.24. The van der Waals surface area contributed by atoms with Gasteiger partial charge in [-0.15, -0.1) is 0 Å². The number of nitrogens with one attached hydrogen (secondary N) is 2. The van der Waals surface area contributed by atoms with Gasteiger partial charge in [-0.25, -0.2) is 4.79 Å². The SMILES string of the molecule is O=C(NS)Nc1ccccc1Cc1ccccc1. The molecular weight excluding hydrogens is 244 g/mol. The molecular formula is C14H14N2OS. The van der Waals surface area contributed by atoms with Crippen LogP contribution >= 0.6 is 12.8 Å². The average molecular weight is 258 g/mol. The maximum absolute atomic E-state index is 11.3. The quantitative estimate of drug-likeness (QED) is 0.727. The van der Waals surface area contributed by atoms with Crippen LogP contribution < -0.4 is 10.0 Å². The van der Waals surface area contributed by atoms with Gasteiger partial charge in [0.15, 0.2) is 0 Å². The highest BCUT2D eigenvalue weighted by molar-refractivity contribution is 7.78. The second-order valence-corrected chi connectivity index (χ2v) is 4.11. The van der Waals surface area contributed by atoms with Crippen molar-refractivity contribution >= 4 is 24.5 Å². The van der Waals surface area contributed by atoms with Crippen LogP contribution in [0.1, 0.15) is 11.1 Å². The molecule has 92 valence electrons. The van der Waals surface area contributed by atoms with Gasteiger partial charge in [0.25, 0.3) is 0 Å². The van der Waals surface area contributed by atoms with Gasteiger partial charge in [0.1, 0.15) is 0 Å². The molecule has 2 rings (SSSR count). The van der Waals surface area contributed by atoms with E-state index in [2.05, 4.69) is 35.0 Å². The lowest BCUT2D eigenvalue weighted by atomic mass is 10.0. The summed E-state index contributed by atoms with van der Waals surface area (Å²) in [4.78, 5) is 11.3. The van der Waals surface area contributed by atoms with Crippen LogP contribution in [-0.4, -0.2) is 6.03 Å². The fourth-order valence-corrected chi connectivity index (χ4v) is 1.82. The highest BCUT2D eigenvalue weighted by Gasteiger charge is 2.05. The van der Waals surface area contributed by atoms with Crippen molar-refractivity contribution < 1.29 is 4.79 Å². The van der Waals surface area contributed by atoms with Crippen molar-refractivity contribution in [3.05, 3.63) is 65.7 Å². The van der Waals surface area contributed by atoms with Gasteiger partial charge in [-0.1, -0.05) is 61.3 Å². The monoisotopic (exact) mass is 258 g/mol. The standard InChI is InChI=1S/C14H14N2OS/c17-14(16-18)15-13-9-5-4-8-12(13)10-11-6-2-1-3-7-11/h1-9,18H,10H2,(H2,15,16,17). The predicted molar refractivity (Wildman–Crippen MR) is 76.8 cm³/mol. The van der Waals surface area contributed by atoms with Crippen molar-refractivity contribution in [1.29, 1.82) is 0 Å². The van der Waals surface area contributed by atoms with E-state index in [-0.39, 0.29) is 6.03 Å². The van der Waals surface area contributed by atoms with Gasteiger partial charge in [-0.3, -0.25) is 4.72 Å². The Hall–Kier alpha value is -1.94. The van der Waals surface area contributed by atoms with Crippen LogP contribution in [0.5, 0.6) is 0 Å². The molecule has 0 fully saturated rings. The van der Waals surface area contributed by atoms with E-state index in [0.29, 0.717) is 0 Å². The molecule has 0 heterocycles. The number of benzene rings is 2. The van der Waals surface area contributed by atoms with Gasteiger partial charge in [0, 0.05) is 5.69 Å². The third-order valence-corrected chi connectivity index (χ3v) is 2.81. The Morgan fingerprint density at radius 1 is 1.00 bits per heavy atom. The third kappa shape index (κ3) is 3.28. The first-order valence-electron chi connectivity index (χ1n) is 5.62. The number of thiol groups is 1. The zero-order valence-electron chi connectivity index (χ0n) is 9.76. The summed E-state index contributed by atoms with van der Waals surface area (Å²) in [5.41, 5.74) is 3.08. The van der Waals surface area contributed by atoms with Crippen LogP contribution in [0.3, 0.4) is 0 Å². The molecule has 0 saturated carbocycles. The number of urea groups is 1. The largest absolute Gasteiger partial charge is 0.329 e. The first-order valence-corrected chi connectivity index (χ1v) is 6.07. The van der Waals surface area contributed by atoms with E-state index in [9.17, 15) is 4.79 Å². The molecule has 2 amide bonds. The summed E-state index contributed by atoms with van der Waals surface area (Å²) < 4.78 is 2.25. The van der Waals surface area contributed by atoms with Crippen LogP contribution in [0.25, 0.3) is 0 Å². The Kier molecular flexibility index (Phi) is 4.25. The fraction of sp³-hybridized carbons (Fsp3) is 0.0714. The second-order valence-electron chi connectivity index (χ2n) is 3.89. The molecule has 0 unspecified atom stereocenters. The summed E-state index contributed by atoms with van der Waals surface area (Å²) in [6, 6.07) is 17.5. The van der Waals surface area contributed by atoms with Gasteiger partial charge in [-0.2, -0.15) is 0 Å². The highest BCUT2D eigenvalue weighted by atomic mass is 32.1. The lowest BCUT2D eigenvalue weighted by molar-refractivity contribution is 0.257. The van der Waals surface area contributed by atoms with Gasteiger partial charge in [0.2, 0.25) is 0 Å². The van der Waals surface area contributed by atoms with Crippen LogP contribution in [0.4, 0.5) is 10.5 Å². The Morgan fingerprint density at radius 3 is 2.39 bits per heavy atom. The maximum Gasteiger partial charge on any atom is 0.329 e. The van der Waals surface area contributed by atoms with Crippen LogP contribution in [-0.2, 0) is 6.42 Å². The number of hydrogen-bond acceptors (Lipinski definition) is 2. The summed E-state index contributed by atoms with van der Waals surface area (Å²) in [5.74, 6) is 0. The summed E-state index contributed by atoms with van der Waals surface area (Å²) in [5, 5.41) is 2.75. The van der Waals surface area contributed by atoms with Gasteiger partial charge in [0.05, 0.1) is 0 Å². The first-order chi connectivity index (χ1) is 8.79. The Morgan fingerprint density at radius 2 is 1.67 bits per heavy atom. The van der Waals surface area contributed by atoms with Crippen LogP contribution in [0.2, 0.25) is 0 Å². The minimum absolute atomic E-state index is 0.334. The molecule has 0 spiro atoms. The van der Waals surface area contributed by atoms with Gasteiger partial charge >= 0.3 is 6.03 Å². The Bertz CT molecular complexity index is 528. The summed E-state index contributed by atoms with van der Waals surface area (Å²) >= 11 is 3.72. The number of carbonyl (C=O) groups is 1. The van der Waals surface area contributed by atoms with Gasteiger partial charge < -0.3 is 5.32 Å². The molecule has 0 radical (unpaired) electrons. The van der Waals surface area contributed by atoms with Crippen molar-refractivity contribution in [3.8, 4) is 0 Å². The van der Waals surface area contributed by atoms with E-state index in [0.717, 1.165) is 17.7 Å². The molecule has 2 N–H and O–H groups in total. The van der Waals surface area contributed by atoms with E-state index in [1.165, 1.54) is 5.56 Å². The molecule has 0 atom stereocenters. The second kappa shape index (κ2) is 6.12. The molecule has 0 aliphatic heterocycles. The van der Waals surface area contributed by atoms with E-state index in [1.54, 1.807) is 0 Å². The molecule has 2 aromatic carbocycles. The fourth-order valence-electron chi connectivity index (χ4n) is 1.76.